The van der Waals surface area contributed by atoms with E-state index in [1.807, 2.05) is 0 Å². The van der Waals surface area contributed by atoms with E-state index in [2.05, 4.69) is 22.8 Å². The summed E-state index contributed by atoms with van der Waals surface area (Å²) in [6, 6.07) is 4.23. The van der Waals surface area contributed by atoms with Crippen molar-refractivity contribution in [3.05, 3.63) is 22.4 Å². The van der Waals surface area contributed by atoms with Gasteiger partial charge >= 0.3 is 0 Å². The van der Waals surface area contributed by atoms with Gasteiger partial charge in [0.2, 0.25) is 0 Å². The van der Waals surface area contributed by atoms with Gasteiger partial charge in [-0.05, 0) is 11.4 Å². The smallest absolute Gasteiger partial charge is 0.0478 e. The van der Waals surface area contributed by atoms with E-state index in [-0.39, 0.29) is 0 Å². The first-order chi connectivity index (χ1) is 5.92. The normalized spacial score (nSPS) is 29.4. The molecule has 2 N–H and O–H groups in total. The third-order valence-electron chi connectivity index (χ3n) is 2.48. The maximum absolute atomic E-state index is 9.10. The number of aliphatic hydroxyl groups is 1. The molecule has 1 aliphatic heterocycles. The molecule has 1 aliphatic rings. The molecule has 66 valence electrons. The average Bonchev–Trinajstić information content (AvgIpc) is 2.74. The fourth-order valence-corrected chi connectivity index (χ4v) is 2.68. The number of rotatable bonds is 2. The van der Waals surface area contributed by atoms with Gasteiger partial charge in [-0.15, -0.1) is 11.3 Å². The summed E-state index contributed by atoms with van der Waals surface area (Å²) >= 11 is 1.79. The summed E-state index contributed by atoms with van der Waals surface area (Å²) in [5.74, 6) is 0.957. The second-order valence-corrected chi connectivity index (χ2v) is 4.20. The second kappa shape index (κ2) is 3.56. The predicted molar refractivity (Wildman–Crippen MR) is 50.5 cm³/mol. The first-order valence-electron chi connectivity index (χ1n) is 4.27. The highest BCUT2D eigenvalue weighted by molar-refractivity contribution is 7.10. The molecule has 1 aromatic heterocycles. The molecule has 1 aromatic rings. The highest BCUT2D eigenvalue weighted by Gasteiger charge is 2.27. The number of nitrogens with one attached hydrogen (secondary N) is 1. The molecular formula is C9H13NOS. The maximum atomic E-state index is 9.10. The lowest BCUT2D eigenvalue weighted by molar-refractivity contribution is 0.227. The van der Waals surface area contributed by atoms with E-state index >= 15 is 0 Å². The Labute approximate surface area is 76.2 Å². The van der Waals surface area contributed by atoms with Crippen molar-refractivity contribution in [2.45, 2.75) is 5.92 Å². The zero-order chi connectivity index (χ0) is 8.39. The van der Waals surface area contributed by atoms with Crippen LogP contribution in [0.3, 0.4) is 0 Å². The lowest BCUT2D eigenvalue weighted by Gasteiger charge is -2.13. The van der Waals surface area contributed by atoms with Crippen molar-refractivity contribution in [2.24, 2.45) is 5.92 Å². The molecule has 12 heavy (non-hydrogen) atoms. The fraction of sp³-hybridized carbons (Fsp3) is 0.556. The van der Waals surface area contributed by atoms with Crippen LogP contribution in [0, 0.1) is 5.92 Å². The van der Waals surface area contributed by atoms with Gasteiger partial charge in [0.25, 0.3) is 0 Å². The quantitative estimate of drug-likeness (QED) is 0.718. The lowest BCUT2D eigenvalue weighted by atomic mass is 9.95. The molecule has 1 saturated heterocycles. The molecule has 0 aliphatic carbocycles. The lowest BCUT2D eigenvalue weighted by Crippen LogP contribution is -2.14. The molecular weight excluding hydrogens is 170 g/mol. The van der Waals surface area contributed by atoms with Crippen LogP contribution in [0.5, 0.6) is 0 Å². The van der Waals surface area contributed by atoms with E-state index in [4.69, 9.17) is 5.11 Å². The van der Waals surface area contributed by atoms with Gasteiger partial charge in [-0.1, -0.05) is 6.07 Å². The number of hydrogen-bond acceptors (Lipinski definition) is 3. The van der Waals surface area contributed by atoms with Crippen LogP contribution in [-0.4, -0.2) is 24.8 Å². The SMILES string of the molecule is OC[C@@H]1CNC[C@@H]1c1cccs1. The molecule has 0 bridgehead atoms. The summed E-state index contributed by atoms with van der Waals surface area (Å²) in [5, 5.41) is 14.5. The minimum atomic E-state index is 0.301. The summed E-state index contributed by atoms with van der Waals surface area (Å²) < 4.78 is 0. The molecule has 2 rings (SSSR count). The van der Waals surface area contributed by atoms with Gasteiger partial charge in [0, 0.05) is 36.4 Å². The predicted octanol–water partition coefficient (Wildman–Crippen LogP) is 1.04. The highest BCUT2D eigenvalue weighted by atomic mass is 32.1. The Morgan fingerprint density at radius 1 is 1.58 bits per heavy atom. The molecule has 3 heteroatoms. The Balaban J connectivity index is 2.13. The van der Waals surface area contributed by atoms with E-state index in [0.717, 1.165) is 13.1 Å². The van der Waals surface area contributed by atoms with Crippen LogP contribution in [-0.2, 0) is 0 Å². The summed E-state index contributed by atoms with van der Waals surface area (Å²) in [4.78, 5) is 1.40. The van der Waals surface area contributed by atoms with Crippen LogP contribution >= 0.6 is 11.3 Å². The van der Waals surface area contributed by atoms with Gasteiger partial charge < -0.3 is 10.4 Å². The van der Waals surface area contributed by atoms with Gasteiger partial charge in [0.15, 0.2) is 0 Å². The Kier molecular flexibility index (Phi) is 2.44. The van der Waals surface area contributed by atoms with Crippen molar-refractivity contribution < 1.29 is 5.11 Å². The summed E-state index contributed by atoms with van der Waals surface area (Å²) in [6.07, 6.45) is 0. The Hall–Kier alpha value is -0.380. The minimum absolute atomic E-state index is 0.301. The van der Waals surface area contributed by atoms with Gasteiger partial charge in [-0.2, -0.15) is 0 Å². The molecule has 0 saturated carbocycles. The van der Waals surface area contributed by atoms with Gasteiger partial charge in [-0.3, -0.25) is 0 Å². The molecule has 2 atom stereocenters. The highest BCUT2D eigenvalue weighted by Crippen LogP contribution is 2.30. The van der Waals surface area contributed by atoms with Crippen molar-refractivity contribution in [1.82, 2.24) is 5.32 Å². The monoisotopic (exact) mass is 183 g/mol. The maximum Gasteiger partial charge on any atom is 0.0478 e. The molecule has 0 unspecified atom stereocenters. The van der Waals surface area contributed by atoms with Crippen LogP contribution in [0.2, 0.25) is 0 Å². The van der Waals surface area contributed by atoms with Crippen molar-refractivity contribution in [3.63, 3.8) is 0 Å². The summed E-state index contributed by atoms with van der Waals surface area (Å²) in [6.45, 7) is 2.28. The van der Waals surface area contributed by atoms with Crippen LogP contribution in [0.1, 0.15) is 10.8 Å². The van der Waals surface area contributed by atoms with Crippen LogP contribution < -0.4 is 5.32 Å². The topological polar surface area (TPSA) is 32.3 Å². The second-order valence-electron chi connectivity index (χ2n) is 3.22. The summed E-state index contributed by atoms with van der Waals surface area (Å²) in [7, 11) is 0. The van der Waals surface area contributed by atoms with Gasteiger partial charge in [-0.25, -0.2) is 0 Å². The molecule has 2 nitrogen and oxygen atoms in total. The molecule has 0 aromatic carbocycles. The zero-order valence-corrected chi connectivity index (χ0v) is 7.68. The van der Waals surface area contributed by atoms with Crippen LogP contribution in [0.25, 0.3) is 0 Å². The number of hydrogen-bond donors (Lipinski definition) is 2. The first kappa shape index (κ1) is 8.23. The van der Waals surface area contributed by atoms with Crippen molar-refractivity contribution >= 4 is 11.3 Å². The summed E-state index contributed by atoms with van der Waals surface area (Å²) in [5.41, 5.74) is 0. The third kappa shape index (κ3) is 1.40. The molecule has 1 fully saturated rings. The van der Waals surface area contributed by atoms with Crippen LogP contribution in [0.4, 0.5) is 0 Å². The average molecular weight is 183 g/mol. The first-order valence-corrected chi connectivity index (χ1v) is 5.14. The largest absolute Gasteiger partial charge is 0.396 e. The zero-order valence-electron chi connectivity index (χ0n) is 6.86. The minimum Gasteiger partial charge on any atom is -0.396 e. The van der Waals surface area contributed by atoms with Crippen molar-refractivity contribution in [2.75, 3.05) is 19.7 Å². The van der Waals surface area contributed by atoms with E-state index in [1.165, 1.54) is 4.88 Å². The molecule has 0 radical (unpaired) electrons. The molecule has 2 heterocycles. The van der Waals surface area contributed by atoms with E-state index in [9.17, 15) is 0 Å². The molecule has 0 amide bonds. The van der Waals surface area contributed by atoms with E-state index in [1.54, 1.807) is 11.3 Å². The van der Waals surface area contributed by atoms with Gasteiger partial charge in [0.1, 0.15) is 0 Å². The van der Waals surface area contributed by atoms with E-state index in [0.29, 0.717) is 18.4 Å². The third-order valence-corrected chi connectivity index (χ3v) is 3.49. The molecule has 0 spiro atoms. The van der Waals surface area contributed by atoms with Crippen molar-refractivity contribution in [1.29, 1.82) is 0 Å². The Morgan fingerprint density at radius 2 is 2.50 bits per heavy atom. The van der Waals surface area contributed by atoms with Crippen LogP contribution in [0.15, 0.2) is 17.5 Å². The standard InChI is InChI=1S/C9H13NOS/c11-6-7-4-10-5-8(7)9-2-1-3-12-9/h1-3,7-8,10-11H,4-6H2/t7-,8-/m0/s1. The number of thiophene rings is 1. The Bertz CT molecular complexity index is 235. The van der Waals surface area contributed by atoms with Gasteiger partial charge in [0.05, 0.1) is 0 Å². The fourth-order valence-electron chi connectivity index (χ4n) is 1.76. The van der Waals surface area contributed by atoms with E-state index < -0.39 is 0 Å². The Morgan fingerprint density at radius 3 is 3.17 bits per heavy atom. The van der Waals surface area contributed by atoms with Crippen molar-refractivity contribution in [3.8, 4) is 0 Å². The number of aliphatic hydroxyl groups excluding tert-OH is 1.